The molecule has 0 spiro atoms. The van der Waals surface area contributed by atoms with E-state index < -0.39 is 5.41 Å². The Morgan fingerprint density at radius 1 is 0.343 bits per heavy atom. The zero-order valence-electron chi connectivity index (χ0n) is 38.8. The van der Waals surface area contributed by atoms with E-state index in [0.717, 1.165) is 21.9 Å². The van der Waals surface area contributed by atoms with Crippen LogP contribution in [0.5, 0.6) is 0 Å². The van der Waals surface area contributed by atoms with E-state index >= 15 is 0 Å². The molecule has 2 heteroatoms. The minimum absolute atomic E-state index is 0.293. The molecule has 0 unspecified atom stereocenters. The van der Waals surface area contributed by atoms with Gasteiger partial charge in [0, 0.05) is 0 Å². The Kier molecular flexibility index (Phi) is 10.9. The van der Waals surface area contributed by atoms with E-state index in [1.807, 2.05) is 37.3 Å². The standard InChI is InChI=1S/C39H26.C29H22O2/c1-4-15-27(16-5-1)36-30-21-10-11-22-31(30)37-32-23-12-13-25-34(32)39(28-17-6-2-7-18-28,29-19-8-3-9-20-29)35-26-14-24-33(36)38(35)37;1-2-31-29(30)26-19-11-10-18-25(26)28-23-16-8-6-14-21(23)27(20-12-4-3-5-13-20)22-15-7-9-17-24(22)28/h1-26H;3-19H,2H2,1H3. The average molecular weight is 897 g/mol. The van der Waals surface area contributed by atoms with E-state index in [2.05, 4.69) is 231 Å². The third kappa shape index (κ3) is 6.83. The topological polar surface area (TPSA) is 26.3 Å². The third-order valence-corrected chi connectivity index (χ3v) is 14.2. The van der Waals surface area contributed by atoms with Crippen LogP contribution in [-0.2, 0) is 10.2 Å². The monoisotopic (exact) mass is 896 g/mol. The maximum atomic E-state index is 12.8. The molecule has 13 rings (SSSR count). The highest BCUT2D eigenvalue weighted by Gasteiger charge is 2.44. The second kappa shape index (κ2) is 18.0. The van der Waals surface area contributed by atoms with Crippen LogP contribution in [0.3, 0.4) is 0 Å². The van der Waals surface area contributed by atoms with Gasteiger partial charge in [-0.15, -0.1) is 0 Å². The van der Waals surface area contributed by atoms with Gasteiger partial charge in [0.1, 0.15) is 0 Å². The summed E-state index contributed by atoms with van der Waals surface area (Å²) in [6, 6.07) is 93.1. The molecule has 12 aromatic rings. The Morgan fingerprint density at radius 2 is 0.714 bits per heavy atom. The maximum Gasteiger partial charge on any atom is 0.338 e. The van der Waals surface area contributed by atoms with Crippen LogP contribution in [0, 0.1) is 0 Å². The van der Waals surface area contributed by atoms with Crippen LogP contribution < -0.4 is 0 Å². The number of hydrogen-bond donors (Lipinski definition) is 0. The van der Waals surface area contributed by atoms with Crippen molar-refractivity contribution in [3.63, 3.8) is 0 Å². The summed E-state index contributed by atoms with van der Waals surface area (Å²) < 4.78 is 5.37. The van der Waals surface area contributed by atoms with E-state index in [9.17, 15) is 4.79 Å². The Morgan fingerprint density at radius 3 is 1.23 bits per heavy atom. The smallest absolute Gasteiger partial charge is 0.338 e. The molecule has 0 amide bonds. The Labute approximate surface area is 408 Å². The highest BCUT2D eigenvalue weighted by atomic mass is 16.5. The first kappa shape index (κ1) is 42.5. The molecule has 332 valence electrons. The number of hydrogen-bond acceptors (Lipinski definition) is 2. The van der Waals surface area contributed by atoms with Gasteiger partial charge in [0.15, 0.2) is 0 Å². The van der Waals surface area contributed by atoms with Crippen LogP contribution in [0.2, 0.25) is 0 Å². The number of esters is 1. The molecular formula is C68H48O2. The molecule has 0 N–H and O–H groups in total. The molecular weight excluding hydrogens is 849 g/mol. The van der Waals surface area contributed by atoms with Gasteiger partial charge in [-0.05, 0) is 123 Å². The molecule has 0 aliphatic heterocycles. The van der Waals surface area contributed by atoms with Crippen molar-refractivity contribution >= 4 is 49.1 Å². The van der Waals surface area contributed by atoms with Gasteiger partial charge >= 0.3 is 5.97 Å². The molecule has 70 heavy (non-hydrogen) atoms. The van der Waals surface area contributed by atoms with Crippen molar-refractivity contribution in [2.75, 3.05) is 6.61 Å². The van der Waals surface area contributed by atoms with E-state index in [1.54, 1.807) is 0 Å². The summed E-state index contributed by atoms with van der Waals surface area (Å²) in [5, 5.41) is 9.83. The van der Waals surface area contributed by atoms with Crippen LogP contribution in [-0.4, -0.2) is 12.6 Å². The summed E-state index contributed by atoms with van der Waals surface area (Å²) in [7, 11) is 0. The Balaban J connectivity index is 0.000000148. The SMILES string of the molecule is CCOC(=O)c1ccccc1-c1c2ccccc2c(-c2ccccc2)c2ccccc12.c1ccc(-c2c3ccccc3c3c4c(cccc24)C(c2ccccc2)(c2ccccc2)c2ccccc2-3)cc1. The molecule has 0 saturated carbocycles. The number of rotatable bonds is 7. The van der Waals surface area contributed by atoms with Gasteiger partial charge in [0.25, 0.3) is 0 Å². The van der Waals surface area contributed by atoms with Gasteiger partial charge in [-0.2, -0.15) is 0 Å². The first-order chi connectivity index (χ1) is 34.7. The molecule has 0 bridgehead atoms. The molecule has 1 aliphatic rings. The highest BCUT2D eigenvalue weighted by Crippen LogP contribution is 2.58. The van der Waals surface area contributed by atoms with Gasteiger partial charge in [-0.3, -0.25) is 0 Å². The lowest BCUT2D eigenvalue weighted by molar-refractivity contribution is 0.0527. The van der Waals surface area contributed by atoms with Gasteiger partial charge in [0.2, 0.25) is 0 Å². The second-order valence-corrected chi connectivity index (χ2v) is 17.9. The van der Waals surface area contributed by atoms with Crippen LogP contribution in [0.25, 0.3) is 87.6 Å². The quantitative estimate of drug-likeness (QED) is 0.118. The van der Waals surface area contributed by atoms with Gasteiger partial charge in [0.05, 0.1) is 17.6 Å². The van der Waals surface area contributed by atoms with Crippen molar-refractivity contribution in [2.24, 2.45) is 0 Å². The van der Waals surface area contributed by atoms with Crippen molar-refractivity contribution in [3.8, 4) is 44.5 Å². The van der Waals surface area contributed by atoms with E-state index in [4.69, 9.17) is 4.74 Å². The zero-order chi connectivity index (χ0) is 47.0. The first-order valence-electron chi connectivity index (χ1n) is 24.2. The molecule has 0 aromatic heterocycles. The zero-order valence-corrected chi connectivity index (χ0v) is 38.8. The lowest BCUT2D eigenvalue weighted by atomic mass is 9.59. The van der Waals surface area contributed by atoms with E-state index in [0.29, 0.717) is 12.2 Å². The average Bonchev–Trinajstić information content (AvgIpc) is 3.43. The van der Waals surface area contributed by atoms with Crippen LogP contribution >= 0.6 is 0 Å². The predicted molar refractivity (Wildman–Crippen MR) is 292 cm³/mol. The number of carbonyl (C=O) groups is 1. The fourth-order valence-corrected chi connectivity index (χ4v) is 11.5. The largest absolute Gasteiger partial charge is 0.462 e. The van der Waals surface area contributed by atoms with Crippen molar-refractivity contribution < 1.29 is 9.53 Å². The first-order valence-corrected chi connectivity index (χ1v) is 24.2. The third-order valence-electron chi connectivity index (χ3n) is 14.2. The molecule has 12 aromatic carbocycles. The summed E-state index contributed by atoms with van der Waals surface area (Å²) in [6.45, 7) is 2.18. The lowest BCUT2D eigenvalue weighted by Gasteiger charge is -2.42. The summed E-state index contributed by atoms with van der Waals surface area (Å²) >= 11 is 0. The summed E-state index contributed by atoms with van der Waals surface area (Å²) in [6.07, 6.45) is 0. The molecule has 0 saturated heterocycles. The van der Waals surface area contributed by atoms with Crippen molar-refractivity contribution in [3.05, 3.63) is 289 Å². The second-order valence-electron chi connectivity index (χ2n) is 17.9. The van der Waals surface area contributed by atoms with Crippen molar-refractivity contribution in [1.82, 2.24) is 0 Å². The van der Waals surface area contributed by atoms with Gasteiger partial charge in [-0.1, -0.05) is 255 Å². The van der Waals surface area contributed by atoms with Crippen LogP contribution in [0.1, 0.15) is 39.5 Å². The fourth-order valence-electron chi connectivity index (χ4n) is 11.5. The molecule has 0 atom stereocenters. The summed E-state index contributed by atoms with van der Waals surface area (Å²) in [5.74, 6) is -0.293. The predicted octanol–water partition coefficient (Wildman–Crippen LogP) is 17.5. The van der Waals surface area contributed by atoms with E-state index in [-0.39, 0.29) is 5.97 Å². The number of fused-ring (bicyclic) bond motifs is 6. The fraction of sp³-hybridized carbons (Fsp3) is 0.0441. The Bertz CT molecular complexity index is 3800. The van der Waals surface area contributed by atoms with Gasteiger partial charge in [-0.25, -0.2) is 4.79 Å². The molecule has 1 aliphatic carbocycles. The minimum Gasteiger partial charge on any atom is -0.462 e. The van der Waals surface area contributed by atoms with Crippen LogP contribution in [0.4, 0.5) is 0 Å². The lowest BCUT2D eigenvalue weighted by Crippen LogP contribution is -2.33. The Hall–Kier alpha value is -8.85. The molecule has 0 heterocycles. The molecule has 0 radical (unpaired) electrons. The molecule has 0 fully saturated rings. The minimum atomic E-state index is -0.442. The van der Waals surface area contributed by atoms with Crippen molar-refractivity contribution in [1.29, 1.82) is 0 Å². The number of carbonyl (C=O) groups excluding carboxylic acids is 1. The molecule has 2 nitrogen and oxygen atoms in total. The van der Waals surface area contributed by atoms with Crippen molar-refractivity contribution in [2.45, 2.75) is 12.3 Å². The van der Waals surface area contributed by atoms with Crippen LogP contribution in [0.15, 0.2) is 261 Å². The number of ether oxygens (including phenoxy) is 1. The normalized spacial score (nSPS) is 12.3. The summed E-state index contributed by atoms with van der Waals surface area (Å²) in [5.41, 5.74) is 15.0. The number of benzene rings is 12. The van der Waals surface area contributed by atoms with E-state index in [1.165, 1.54) is 88.0 Å². The maximum absolute atomic E-state index is 12.8. The summed E-state index contributed by atoms with van der Waals surface area (Å²) in [4.78, 5) is 12.8. The van der Waals surface area contributed by atoms with Gasteiger partial charge < -0.3 is 4.74 Å². The highest BCUT2D eigenvalue weighted by molar-refractivity contribution is 6.25.